The lowest BCUT2D eigenvalue weighted by Crippen LogP contribution is -2.41. The van der Waals surface area contributed by atoms with Gasteiger partial charge < -0.3 is 5.73 Å². The van der Waals surface area contributed by atoms with E-state index in [-0.39, 0.29) is 11.6 Å². The van der Waals surface area contributed by atoms with Gasteiger partial charge in [0.05, 0.1) is 5.56 Å². The third-order valence-corrected chi connectivity index (χ3v) is 4.06. The molecule has 0 radical (unpaired) electrons. The quantitative estimate of drug-likeness (QED) is 0.823. The van der Waals surface area contributed by atoms with Gasteiger partial charge in [0.25, 0.3) is 0 Å². The van der Waals surface area contributed by atoms with Gasteiger partial charge in [0.1, 0.15) is 11.6 Å². The van der Waals surface area contributed by atoms with Crippen molar-refractivity contribution < 1.29 is 13.6 Å². The summed E-state index contributed by atoms with van der Waals surface area (Å²) in [7, 11) is 0. The molecular weight excluding hydrogens is 236 g/mol. The second-order valence-electron chi connectivity index (χ2n) is 5.30. The van der Waals surface area contributed by atoms with Crippen molar-refractivity contribution in [2.75, 3.05) is 0 Å². The summed E-state index contributed by atoms with van der Waals surface area (Å²) < 4.78 is 27.7. The Hall–Kier alpha value is -1.29. The number of carbonyl (C=O) groups is 1. The molecule has 0 amide bonds. The van der Waals surface area contributed by atoms with Crippen LogP contribution in [0.2, 0.25) is 0 Å². The van der Waals surface area contributed by atoms with Crippen molar-refractivity contribution in [2.45, 2.75) is 39.2 Å². The van der Waals surface area contributed by atoms with Crippen molar-refractivity contribution in [1.82, 2.24) is 0 Å². The molecule has 2 rings (SSSR count). The first-order valence-electron chi connectivity index (χ1n) is 6.13. The van der Waals surface area contributed by atoms with E-state index in [4.69, 9.17) is 5.73 Å². The molecule has 18 heavy (non-hydrogen) atoms. The van der Waals surface area contributed by atoms with Crippen LogP contribution in [0, 0.1) is 24.0 Å². The maximum atomic E-state index is 14.0. The maximum absolute atomic E-state index is 14.0. The summed E-state index contributed by atoms with van der Waals surface area (Å²) in [5.74, 6) is -2.07. The van der Waals surface area contributed by atoms with Crippen molar-refractivity contribution >= 4 is 5.78 Å². The Balaban J connectivity index is 2.50. The molecule has 98 valence electrons. The first kappa shape index (κ1) is 13.1. The normalized spacial score (nSPS) is 27.5. The zero-order chi connectivity index (χ0) is 13.5. The molecule has 1 aliphatic carbocycles. The van der Waals surface area contributed by atoms with E-state index in [1.54, 1.807) is 6.92 Å². The van der Waals surface area contributed by atoms with Crippen molar-refractivity contribution in [3.05, 3.63) is 34.9 Å². The largest absolute Gasteiger partial charge is 0.327 e. The van der Waals surface area contributed by atoms with Crippen LogP contribution in [-0.4, -0.2) is 11.8 Å². The average molecular weight is 253 g/mol. The molecule has 0 bridgehead atoms. The number of rotatable bonds is 2. The first-order chi connectivity index (χ1) is 8.38. The van der Waals surface area contributed by atoms with E-state index in [1.807, 2.05) is 0 Å². The number of benzene rings is 1. The highest BCUT2D eigenvalue weighted by atomic mass is 19.1. The molecule has 0 aliphatic heterocycles. The van der Waals surface area contributed by atoms with Crippen LogP contribution in [-0.2, 0) is 0 Å². The lowest BCUT2D eigenvalue weighted by molar-refractivity contribution is 0.0793. The van der Waals surface area contributed by atoms with E-state index >= 15 is 0 Å². The molecule has 1 saturated carbocycles. The Morgan fingerprint density at radius 3 is 2.67 bits per heavy atom. The van der Waals surface area contributed by atoms with Crippen LogP contribution in [0.5, 0.6) is 0 Å². The molecule has 1 aliphatic rings. The monoisotopic (exact) mass is 253 g/mol. The number of nitrogens with two attached hydrogens (primary N) is 1. The summed E-state index contributed by atoms with van der Waals surface area (Å²) in [6.45, 7) is 3.22. The van der Waals surface area contributed by atoms with Gasteiger partial charge in [-0.2, -0.15) is 0 Å². The summed E-state index contributed by atoms with van der Waals surface area (Å²) in [6, 6.07) is 2.14. The Kier molecular flexibility index (Phi) is 3.23. The summed E-state index contributed by atoms with van der Waals surface area (Å²) in [6.07, 6.45) is 2.12. The molecule has 0 spiro atoms. The number of Topliss-reactive ketones (excluding diaryl/α,β-unsaturated/α-hetero) is 1. The van der Waals surface area contributed by atoms with Gasteiger partial charge in [-0.15, -0.1) is 0 Å². The summed E-state index contributed by atoms with van der Waals surface area (Å²) in [5, 5.41) is 0. The number of hydrogen-bond donors (Lipinski definition) is 1. The Morgan fingerprint density at radius 1 is 1.44 bits per heavy atom. The topological polar surface area (TPSA) is 43.1 Å². The van der Waals surface area contributed by atoms with Crippen molar-refractivity contribution in [2.24, 2.45) is 11.1 Å². The molecule has 1 fully saturated rings. The molecule has 2 N–H and O–H groups in total. The van der Waals surface area contributed by atoms with E-state index in [1.165, 1.54) is 13.0 Å². The van der Waals surface area contributed by atoms with Crippen LogP contribution in [0.25, 0.3) is 0 Å². The number of ketones is 1. The van der Waals surface area contributed by atoms with E-state index in [0.717, 1.165) is 18.9 Å². The minimum absolute atomic E-state index is 0.273. The summed E-state index contributed by atoms with van der Waals surface area (Å²) in [4.78, 5) is 12.4. The third-order valence-electron chi connectivity index (χ3n) is 4.06. The van der Waals surface area contributed by atoms with E-state index in [0.29, 0.717) is 6.42 Å². The van der Waals surface area contributed by atoms with Gasteiger partial charge >= 0.3 is 0 Å². The smallest absolute Gasteiger partial charge is 0.176 e. The lowest BCUT2D eigenvalue weighted by atomic mass is 9.77. The number of halogens is 2. The fourth-order valence-electron chi connectivity index (χ4n) is 2.63. The van der Waals surface area contributed by atoms with Crippen molar-refractivity contribution in [3.63, 3.8) is 0 Å². The molecule has 4 heteroatoms. The van der Waals surface area contributed by atoms with E-state index in [9.17, 15) is 13.6 Å². The predicted octanol–water partition coefficient (Wildman–Crippen LogP) is 2.97. The third kappa shape index (κ3) is 1.85. The Labute approximate surface area is 105 Å². The second kappa shape index (κ2) is 4.43. The van der Waals surface area contributed by atoms with Crippen LogP contribution in [0.15, 0.2) is 12.1 Å². The molecule has 2 unspecified atom stereocenters. The minimum atomic E-state index is -0.852. The van der Waals surface area contributed by atoms with Gasteiger partial charge in [-0.1, -0.05) is 19.4 Å². The van der Waals surface area contributed by atoms with Gasteiger partial charge in [0, 0.05) is 11.5 Å². The number of hydrogen-bond acceptors (Lipinski definition) is 2. The van der Waals surface area contributed by atoms with Crippen LogP contribution < -0.4 is 5.73 Å². The minimum Gasteiger partial charge on any atom is -0.327 e. The van der Waals surface area contributed by atoms with Crippen LogP contribution >= 0.6 is 0 Å². The SMILES string of the molecule is Cc1ccc(F)c(C(=O)C2(C)CCCC2N)c1F. The molecule has 2 atom stereocenters. The second-order valence-corrected chi connectivity index (χ2v) is 5.30. The summed E-state index contributed by atoms with van der Waals surface area (Å²) >= 11 is 0. The van der Waals surface area contributed by atoms with Gasteiger partial charge in [0.15, 0.2) is 5.78 Å². The highest BCUT2D eigenvalue weighted by Crippen LogP contribution is 2.40. The fraction of sp³-hybridized carbons (Fsp3) is 0.500. The van der Waals surface area contributed by atoms with E-state index < -0.39 is 28.4 Å². The van der Waals surface area contributed by atoms with Crippen LogP contribution in [0.3, 0.4) is 0 Å². The maximum Gasteiger partial charge on any atom is 0.176 e. The first-order valence-corrected chi connectivity index (χ1v) is 6.13. The number of aryl methyl sites for hydroxylation is 1. The fourth-order valence-corrected chi connectivity index (χ4v) is 2.63. The van der Waals surface area contributed by atoms with Crippen molar-refractivity contribution in [1.29, 1.82) is 0 Å². The molecule has 0 saturated heterocycles. The average Bonchev–Trinajstić information content (AvgIpc) is 2.66. The van der Waals surface area contributed by atoms with Gasteiger partial charge in [-0.05, 0) is 31.4 Å². The zero-order valence-corrected chi connectivity index (χ0v) is 10.6. The predicted molar refractivity (Wildman–Crippen MR) is 65.4 cm³/mol. The van der Waals surface area contributed by atoms with Gasteiger partial charge in [-0.3, -0.25) is 4.79 Å². The van der Waals surface area contributed by atoms with Crippen molar-refractivity contribution in [3.8, 4) is 0 Å². The lowest BCUT2D eigenvalue weighted by Gasteiger charge is -2.27. The zero-order valence-electron chi connectivity index (χ0n) is 10.6. The Morgan fingerprint density at radius 2 is 2.11 bits per heavy atom. The molecule has 2 nitrogen and oxygen atoms in total. The summed E-state index contributed by atoms with van der Waals surface area (Å²) in [5.41, 5.74) is 4.91. The number of carbonyl (C=O) groups excluding carboxylic acids is 1. The van der Waals surface area contributed by atoms with Gasteiger partial charge in [-0.25, -0.2) is 8.78 Å². The standard InChI is InChI=1S/C14H17F2NO/c1-8-5-6-9(15)11(12(8)16)13(18)14(2)7-3-4-10(14)17/h5-6,10H,3-4,7,17H2,1-2H3. The van der Waals surface area contributed by atoms with E-state index in [2.05, 4.69) is 0 Å². The van der Waals surface area contributed by atoms with Crippen LogP contribution in [0.1, 0.15) is 42.1 Å². The molecule has 1 aromatic carbocycles. The molecule has 0 aromatic heterocycles. The van der Waals surface area contributed by atoms with Gasteiger partial charge in [0.2, 0.25) is 0 Å². The highest BCUT2D eigenvalue weighted by Gasteiger charge is 2.45. The van der Waals surface area contributed by atoms with Crippen LogP contribution in [0.4, 0.5) is 8.78 Å². The molecular formula is C14H17F2NO. The Bertz CT molecular complexity index is 501. The highest BCUT2D eigenvalue weighted by molar-refractivity contribution is 6.01. The molecule has 0 heterocycles. The molecule has 1 aromatic rings.